The maximum absolute atomic E-state index is 10.9. The molecular formula is C21H27NO. The molecule has 2 unspecified atom stereocenters. The van der Waals surface area contributed by atoms with E-state index in [2.05, 4.69) is 29.6 Å². The quantitative estimate of drug-likeness (QED) is 0.836. The first-order valence-corrected chi connectivity index (χ1v) is 8.86. The molecular weight excluding hydrogens is 282 g/mol. The maximum atomic E-state index is 10.9. The van der Waals surface area contributed by atoms with Crippen molar-refractivity contribution in [2.24, 2.45) is 0 Å². The van der Waals surface area contributed by atoms with Gasteiger partial charge in [-0.2, -0.15) is 0 Å². The molecule has 0 amide bonds. The van der Waals surface area contributed by atoms with Gasteiger partial charge in [0.2, 0.25) is 0 Å². The van der Waals surface area contributed by atoms with Crippen molar-refractivity contribution in [2.45, 2.75) is 56.7 Å². The number of hydrogen-bond donors (Lipinski definition) is 2. The highest BCUT2D eigenvalue weighted by Crippen LogP contribution is 2.24. The summed E-state index contributed by atoms with van der Waals surface area (Å²) in [7, 11) is 0. The Morgan fingerprint density at radius 1 is 0.870 bits per heavy atom. The smallest absolute Gasteiger partial charge is 0.0946 e. The van der Waals surface area contributed by atoms with Crippen molar-refractivity contribution in [3.63, 3.8) is 0 Å². The maximum Gasteiger partial charge on any atom is 0.0946 e. The van der Waals surface area contributed by atoms with Gasteiger partial charge in [0.25, 0.3) is 0 Å². The Kier molecular flexibility index (Phi) is 5.84. The standard InChI is InChI=1S/C21H27NO/c23-21(18-12-6-2-7-13-18)20(16-17-10-4-1-5-11-17)22-19-14-8-3-9-15-19/h1-2,4-7,10-13,19-23H,3,8-9,14-16H2. The summed E-state index contributed by atoms with van der Waals surface area (Å²) in [5.41, 5.74) is 2.27. The summed E-state index contributed by atoms with van der Waals surface area (Å²) >= 11 is 0. The number of nitrogens with one attached hydrogen (secondary N) is 1. The van der Waals surface area contributed by atoms with E-state index in [1.54, 1.807) is 0 Å². The molecule has 0 bridgehead atoms. The van der Waals surface area contributed by atoms with Crippen LogP contribution in [0.25, 0.3) is 0 Å². The molecule has 0 saturated heterocycles. The topological polar surface area (TPSA) is 32.3 Å². The second-order valence-corrected chi connectivity index (χ2v) is 6.65. The summed E-state index contributed by atoms with van der Waals surface area (Å²) in [6, 6.07) is 21.1. The molecule has 1 saturated carbocycles. The van der Waals surface area contributed by atoms with Crippen LogP contribution in [0, 0.1) is 0 Å². The third-order valence-electron chi connectivity index (χ3n) is 4.88. The van der Waals surface area contributed by atoms with Gasteiger partial charge in [0.1, 0.15) is 0 Å². The van der Waals surface area contributed by atoms with Crippen molar-refractivity contribution in [1.29, 1.82) is 0 Å². The Labute approximate surface area is 139 Å². The highest BCUT2D eigenvalue weighted by Gasteiger charge is 2.25. The van der Waals surface area contributed by atoms with Gasteiger partial charge in [-0.3, -0.25) is 0 Å². The van der Waals surface area contributed by atoms with Gasteiger partial charge in [-0.05, 0) is 30.4 Å². The molecule has 0 aliphatic heterocycles. The zero-order valence-electron chi connectivity index (χ0n) is 13.7. The van der Waals surface area contributed by atoms with Crippen molar-refractivity contribution >= 4 is 0 Å². The zero-order chi connectivity index (χ0) is 15.9. The van der Waals surface area contributed by atoms with Crippen LogP contribution in [-0.2, 0) is 6.42 Å². The number of aliphatic hydroxyl groups is 1. The lowest BCUT2D eigenvalue weighted by Gasteiger charge is -2.31. The molecule has 1 aliphatic rings. The van der Waals surface area contributed by atoms with Crippen molar-refractivity contribution in [2.75, 3.05) is 0 Å². The van der Waals surface area contributed by atoms with E-state index in [0.717, 1.165) is 12.0 Å². The highest BCUT2D eigenvalue weighted by molar-refractivity contribution is 5.22. The Morgan fingerprint density at radius 3 is 2.13 bits per heavy atom. The number of aliphatic hydroxyl groups excluding tert-OH is 1. The lowest BCUT2D eigenvalue weighted by atomic mass is 9.91. The van der Waals surface area contributed by atoms with Gasteiger partial charge in [0, 0.05) is 12.1 Å². The fraction of sp³-hybridized carbons (Fsp3) is 0.429. The summed E-state index contributed by atoms with van der Waals surface area (Å²) in [6.07, 6.45) is 6.79. The number of rotatable bonds is 6. The molecule has 3 rings (SSSR count). The van der Waals surface area contributed by atoms with Crippen LogP contribution in [-0.4, -0.2) is 17.2 Å². The van der Waals surface area contributed by atoms with E-state index >= 15 is 0 Å². The molecule has 2 N–H and O–H groups in total. The first-order valence-electron chi connectivity index (χ1n) is 8.86. The van der Waals surface area contributed by atoms with E-state index in [-0.39, 0.29) is 6.04 Å². The van der Waals surface area contributed by atoms with Crippen LogP contribution in [0.1, 0.15) is 49.3 Å². The van der Waals surface area contributed by atoms with Crippen molar-refractivity contribution < 1.29 is 5.11 Å². The average molecular weight is 309 g/mol. The summed E-state index contributed by atoms with van der Waals surface area (Å²) < 4.78 is 0. The molecule has 2 aromatic rings. The normalized spacial score (nSPS) is 18.5. The first kappa shape index (κ1) is 16.2. The van der Waals surface area contributed by atoms with Gasteiger partial charge in [0.05, 0.1) is 6.10 Å². The fourth-order valence-corrected chi connectivity index (χ4v) is 3.58. The van der Waals surface area contributed by atoms with Crippen LogP contribution in [0.15, 0.2) is 60.7 Å². The van der Waals surface area contributed by atoms with Gasteiger partial charge in [-0.25, -0.2) is 0 Å². The van der Waals surface area contributed by atoms with E-state index < -0.39 is 6.10 Å². The summed E-state index contributed by atoms with van der Waals surface area (Å²) in [4.78, 5) is 0. The largest absolute Gasteiger partial charge is 0.387 e. The van der Waals surface area contributed by atoms with E-state index in [1.807, 2.05) is 36.4 Å². The van der Waals surface area contributed by atoms with Crippen molar-refractivity contribution in [3.8, 4) is 0 Å². The van der Waals surface area contributed by atoms with Crippen LogP contribution in [0.4, 0.5) is 0 Å². The molecule has 2 heteroatoms. The van der Waals surface area contributed by atoms with Crippen LogP contribution >= 0.6 is 0 Å². The Bertz CT molecular complexity index is 563. The SMILES string of the molecule is OC(c1ccccc1)C(Cc1ccccc1)NC1CCCCC1. The minimum Gasteiger partial charge on any atom is -0.387 e. The second kappa shape index (κ2) is 8.28. The first-order chi connectivity index (χ1) is 11.3. The molecule has 2 aromatic carbocycles. The predicted molar refractivity (Wildman–Crippen MR) is 95.3 cm³/mol. The summed E-state index contributed by atoms with van der Waals surface area (Å²) in [6.45, 7) is 0. The Hall–Kier alpha value is -1.64. The number of hydrogen-bond acceptors (Lipinski definition) is 2. The lowest BCUT2D eigenvalue weighted by molar-refractivity contribution is 0.116. The van der Waals surface area contributed by atoms with Crippen LogP contribution in [0.3, 0.4) is 0 Å². The van der Waals surface area contributed by atoms with Crippen molar-refractivity contribution in [3.05, 3.63) is 71.8 Å². The fourth-order valence-electron chi connectivity index (χ4n) is 3.58. The van der Waals surface area contributed by atoms with Gasteiger partial charge in [0.15, 0.2) is 0 Å². The molecule has 0 heterocycles. The van der Waals surface area contributed by atoms with E-state index in [1.165, 1.54) is 37.7 Å². The minimum absolute atomic E-state index is 0.0582. The van der Waals surface area contributed by atoms with Crippen LogP contribution in [0.5, 0.6) is 0 Å². The average Bonchev–Trinajstić information content (AvgIpc) is 2.63. The van der Waals surface area contributed by atoms with E-state index in [0.29, 0.717) is 6.04 Å². The van der Waals surface area contributed by atoms with E-state index in [4.69, 9.17) is 0 Å². The van der Waals surface area contributed by atoms with Crippen LogP contribution < -0.4 is 5.32 Å². The van der Waals surface area contributed by atoms with Gasteiger partial charge in [-0.1, -0.05) is 79.9 Å². The predicted octanol–water partition coefficient (Wildman–Crippen LogP) is 4.25. The summed E-state index contributed by atoms with van der Waals surface area (Å²) in [5, 5.41) is 14.7. The van der Waals surface area contributed by atoms with Gasteiger partial charge >= 0.3 is 0 Å². The molecule has 2 nitrogen and oxygen atoms in total. The monoisotopic (exact) mass is 309 g/mol. The molecule has 23 heavy (non-hydrogen) atoms. The van der Waals surface area contributed by atoms with E-state index in [9.17, 15) is 5.11 Å². The number of benzene rings is 2. The third kappa shape index (κ3) is 4.66. The van der Waals surface area contributed by atoms with Gasteiger partial charge < -0.3 is 10.4 Å². The van der Waals surface area contributed by atoms with Crippen LogP contribution in [0.2, 0.25) is 0 Å². The molecule has 0 spiro atoms. The molecule has 122 valence electrons. The minimum atomic E-state index is -0.474. The second-order valence-electron chi connectivity index (χ2n) is 6.65. The molecule has 2 atom stereocenters. The molecule has 0 aromatic heterocycles. The van der Waals surface area contributed by atoms with Crippen molar-refractivity contribution in [1.82, 2.24) is 5.32 Å². The highest BCUT2D eigenvalue weighted by atomic mass is 16.3. The molecule has 0 radical (unpaired) electrons. The third-order valence-corrected chi connectivity index (χ3v) is 4.88. The van der Waals surface area contributed by atoms with Gasteiger partial charge in [-0.15, -0.1) is 0 Å². The zero-order valence-corrected chi connectivity index (χ0v) is 13.7. The lowest BCUT2D eigenvalue weighted by Crippen LogP contribution is -2.44. The Balaban J connectivity index is 1.74. The molecule has 1 fully saturated rings. The molecule has 1 aliphatic carbocycles. The Morgan fingerprint density at radius 2 is 1.48 bits per heavy atom. The summed E-state index contributed by atoms with van der Waals surface area (Å²) in [5.74, 6) is 0.